The molecule has 0 bridgehead atoms. The van der Waals surface area contributed by atoms with Gasteiger partial charge in [-0.05, 0) is 49.2 Å². The molecule has 0 radical (unpaired) electrons. The molecule has 0 aliphatic heterocycles. The summed E-state index contributed by atoms with van der Waals surface area (Å²) in [5, 5.41) is 3.36. The number of esters is 1. The van der Waals surface area contributed by atoms with Gasteiger partial charge in [-0.3, -0.25) is 9.59 Å². The Labute approximate surface area is 174 Å². The second-order valence-electron chi connectivity index (χ2n) is 7.00. The van der Waals surface area contributed by atoms with Gasteiger partial charge in [0, 0.05) is 18.5 Å². The van der Waals surface area contributed by atoms with E-state index in [9.17, 15) is 14.4 Å². The molecule has 0 aliphatic rings. The molecule has 0 spiro atoms. The van der Waals surface area contributed by atoms with Crippen LogP contribution in [0, 0.1) is 0 Å². The van der Waals surface area contributed by atoms with Crippen molar-refractivity contribution in [3.8, 4) is 0 Å². The van der Waals surface area contributed by atoms with E-state index in [1.807, 2.05) is 13.0 Å². The van der Waals surface area contributed by atoms with Crippen LogP contribution in [0.2, 0.25) is 0 Å². The molecule has 0 saturated carbocycles. The monoisotopic (exact) mass is 407 g/mol. The molecule has 3 rings (SSSR count). The summed E-state index contributed by atoms with van der Waals surface area (Å²) in [5.74, 6) is 0.0621. The normalized spacial score (nSPS) is 10.7. The van der Waals surface area contributed by atoms with Gasteiger partial charge in [0.2, 0.25) is 5.91 Å². The number of hydrogen-bond acceptors (Lipinski definition) is 5. The molecule has 30 heavy (non-hydrogen) atoms. The van der Waals surface area contributed by atoms with Gasteiger partial charge in [-0.25, -0.2) is 9.78 Å². The van der Waals surface area contributed by atoms with Gasteiger partial charge in [0.25, 0.3) is 5.56 Å². The fourth-order valence-electron chi connectivity index (χ4n) is 2.98. The lowest BCUT2D eigenvalue weighted by Gasteiger charge is -2.07. The quantitative estimate of drug-likeness (QED) is 0.415. The van der Waals surface area contributed by atoms with Crippen LogP contribution in [0.1, 0.15) is 48.8 Å². The SMILES string of the molecule is CCCCOC(=O)c1ccc(NC(=O)CCCc2nc3ccccc3c(=O)[nH]2)cc1. The number of fused-ring (bicyclic) bond motifs is 1. The number of aryl methyl sites for hydroxylation is 1. The Morgan fingerprint density at radius 3 is 2.60 bits per heavy atom. The lowest BCUT2D eigenvalue weighted by atomic mass is 10.2. The first-order valence-corrected chi connectivity index (χ1v) is 10.1. The minimum atomic E-state index is -0.363. The molecule has 7 heteroatoms. The Bertz CT molecular complexity index is 1070. The van der Waals surface area contributed by atoms with Crippen molar-refractivity contribution in [1.82, 2.24) is 9.97 Å². The van der Waals surface area contributed by atoms with Crippen molar-refractivity contribution < 1.29 is 14.3 Å². The van der Waals surface area contributed by atoms with Crippen LogP contribution in [0.15, 0.2) is 53.3 Å². The van der Waals surface area contributed by atoms with Gasteiger partial charge >= 0.3 is 5.97 Å². The average Bonchev–Trinajstić information content (AvgIpc) is 2.74. The van der Waals surface area contributed by atoms with E-state index in [0.717, 1.165) is 12.8 Å². The van der Waals surface area contributed by atoms with Crippen LogP contribution >= 0.6 is 0 Å². The van der Waals surface area contributed by atoms with Crippen molar-refractivity contribution in [2.45, 2.75) is 39.0 Å². The third-order valence-corrected chi connectivity index (χ3v) is 4.61. The highest BCUT2D eigenvalue weighted by molar-refractivity contribution is 5.93. The van der Waals surface area contributed by atoms with E-state index in [1.165, 1.54) is 0 Å². The molecule has 0 aliphatic carbocycles. The molecular weight excluding hydrogens is 382 g/mol. The zero-order chi connectivity index (χ0) is 21.3. The first kappa shape index (κ1) is 21.2. The number of carbonyl (C=O) groups excluding carboxylic acids is 2. The van der Waals surface area contributed by atoms with Crippen molar-refractivity contribution >= 4 is 28.5 Å². The Morgan fingerprint density at radius 1 is 1.07 bits per heavy atom. The molecule has 3 aromatic rings. The summed E-state index contributed by atoms with van der Waals surface area (Å²) < 4.78 is 5.16. The van der Waals surface area contributed by atoms with Crippen molar-refractivity contribution in [2.75, 3.05) is 11.9 Å². The molecule has 2 aromatic carbocycles. The lowest BCUT2D eigenvalue weighted by molar-refractivity contribution is -0.116. The summed E-state index contributed by atoms with van der Waals surface area (Å²) in [7, 11) is 0. The van der Waals surface area contributed by atoms with Crippen LogP contribution in [0.4, 0.5) is 5.69 Å². The minimum Gasteiger partial charge on any atom is -0.462 e. The van der Waals surface area contributed by atoms with Crippen molar-refractivity contribution in [3.05, 3.63) is 70.3 Å². The lowest BCUT2D eigenvalue weighted by Crippen LogP contribution is -2.14. The Morgan fingerprint density at radius 2 is 1.83 bits per heavy atom. The highest BCUT2D eigenvalue weighted by atomic mass is 16.5. The van der Waals surface area contributed by atoms with Crippen LogP contribution in [0.25, 0.3) is 10.9 Å². The van der Waals surface area contributed by atoms with Crippen molar-refractivity contribution in [1.29, 1.82) is 0 Å². The predicted octanol–water partition coefficient (Wildman–Crippen LogP) is 3.84. The molecule has 2 N–H and O–H groups in total. The highest BCUT2D eigenvalue weighted by Gasteiger charge is 2.09. The number of H-pyrrole nitrogens is 1. The maximum absolute atomic E-state index is 12.2. The summed E-state index contributed by atoms with van der Waals surface area (Å²) in [4.78, 5) is 43.4. The van der Waals surface area contributed by atoms with Crippen LogP contribution < -0.4 is 10.9 Å². The van der Waals surface area contributed by atoms with Crippen molar-refractivity contribution in [2.24, 2.45) is 0 Å². The fraction of sp³-hybridized carbons (Fsp3) is 0.304. The zero-order valence-corrected chi connectivity index (χ0v) is 16.9. The third kappa shape index (κ3) is 5.76. The average molecular weight is 407 g/mol. The van der Waals surface area contributed by atoms with Crippen LogP contribution in [-0.4, -0.2) is 28.5 Å². The summed E-state index contributed by atoms with van der Waals surface area (Å²) in [6.07, 6.45) is 3.14. The number of rotatable bonds is 9. The van der Waals surface area contributed by atoms with Gasteiger partial charge < -0.3 is 15.0 Å². The molecule has 0 unspecified atom stereocenters. The molecule has 156 valence electrons. The first-order valence-electron chi connectivity index (χ1n) is 10.1. The van der Waals surface area contributed by atoms with Crippen molar-refractivity contribution in [3.63, 3.8) is 0 Å². The van der Waals surface area contributed by atoms with E-state index >= 15 is 0 Å². The third-order valence-electron chi connectivity index (χ3n) is 4.61. The molecule has 1 heterocycles. The molecule has 0 atom stereocenters. The van der Waals surface area contributed by atoms with Gasteiger partial charge in [-0.15, -0.1) is 0 Å². The van der Waals surface area contributed by atoms with E-state index in [1.54, 1.807) is 42.5 Å². The predicted molar refractivity (Wildman–Crippen MR) is 116 cm³/mol. The second kappa shape index (κ2) is 10.3. The van der Waals surface area contributed by atoms with E-state index in [0.29, 0.717) is 47.4 Å². The largest absolute Gasteiger partial charge is 0.462 e. The van der Waals surface area contributed by atoms with Gasteiger partial charge in [-0.1, -0.05) is 25.5 Å². The first-order chi connectivity index (χ1) is 14.6. The number of aromatic amines is 1. The number of benzene rings is 2. The van der Waals surface area contributed by atoms with E-state index < -0.39 is 0 Å². The molecule has 1 aromatic heterocycles. The number of unbranched alkanes of at least 4 members (excludes halogenated alkanes) is 1. The van der Waals surface area contributed by atoms with E-state index in [-0.39, 0.29) is 23.9 Å². The molecule has 0 fully saturated rings. The minimum absolute atomic E-state index is 0.142. The number of anilines is 1. The number of nitrogens with zero attached hydrogens (tertiary/aromatic N) is 1. The summed E-state index contributed by atoms with van der Waals surface area (Å²) in [6, 6.07) is 13.8. The maximum Gasteiger partial charge on any atom is 0.338 e. The standard InChI is InChI=1S/C23H25N3O4/c1-2-3-15-30-23(29)16-11-13-17(14-12-16)24-21(27)10-6-9-20-25-19-8-5-4-7-18(19)22(28)26-20/h4-5,7-8,11-14H,2-3,6,9-10,15H2,1H3,(H,24,27)(H,25,26,28). The van der Waals surface area contributed by atoms with Crippen LogP contribution in [0.5, 0.6) is 0 Å². The van der Waals surface area contributed by atoms with Crippen LogP contribution in [-0.2, 0) is 16.0 Å². The van der Waals surface area contributed by atoms with Gasteiger partial charge in [-0.2, -0.15) is 0 Å². The van der Waals surface area contributed by atoms with Gasteiger partial charge in [0.15, 0.2) is 0 Å². The second-order valence-corrected chi connectivity index (χ2v) is 7.00. The van der Waals surface area contributed by atoms with E-state index in [4.69, 9.17) is 4.74 Å². The summed E-state index contributed by atoms with van der Waals surface area (Å²) >= 11 is 0. The Kier molecular flexibility index (Phi) is 7.32. The van der Waals surface area contributed by atoms with Gasteiger partial charge in [0.1, 0.15) is 5.82 Å². The highest BCUT2D eigenvalue weighted by Crippen LogP contribution is 2.12. The molecular formula is C23H25N3O4. The number of carbonyl (C=O) groups is 2. The topological polar surface area (TPSA) is 101 Å². The number of nitrogens with one attached hydrogen (secondary N) is 2. The maximum atomic E-state index is 12.2. The number of aromatic nitrogens is 2. The Hall–Kier alpha value is -3.48. The zero-order valence-electron chi connectivity index (χ0n) is 16.9. The molecule has 0 saturated heterocycles. The molecule has 1 amide bonds. The Balaban J connectivity index is 1.48. The fourth-order valence-corrected chi connectivity index (χ4v) is 2.98. The smallest absolute Gasteiger partial charge is 0.338 e. The summed E-state index contributed by atoms with van der Waals surface area (Å²) in [5.41, 5.74) is 1.54. The van der Waals surface area contributed by atoms with Crippen LogP contribution in [0.3, 0.4) is 0 Å². The summed E-state index contributed by atoms with van der Waals surface area (Å²) in [6.45, 7) is 2.44. The number of ether oxygens (including phenoxy) is 1. The number of para-hydroxylation sites is 1. The number of hydrogen-bond donors (Lipinski definition) is 2. The van der Waals surface area contributed by atoms with Gasteiger partial charge in [0.05, 0.1) is 23.1 Å². The molecule has 7 nitrogen and oxygen atoms in total. The van der Waals surface area contributed by atoms with E-state index in [2.05, 4.69) is 15.3 Å². The number of amides is 1.